The number of amides is 1. The van der Waals surface area contributed by atoms with E-state index in [0.717, 1.165) is 19.4 Å². The minimum absolute atomic E-state index is 0.00942. The molecule has 4 heteroatoms. The summed E-state index contributed by atoms with van der Waals surface area (Å²) in [6, 6.07) is 7.08. The Kier molecular flexibility index (Phi) is 3.88. The van der Waals surface area contributed by atoms with Gasteiger partial charge in [-0.25, -0.2) is 0 Å². The maximum atomic E-state index is 11.8. The molecule has 1 aliphatic rings. The van der Waals surface area contributed by atoms with E-state index in [4.69, 9.17) is 0 Å². The highest BCUT2D eigenvalue weighted by molar-refractivity contribution is 5.99. The molecule has 2 N–H and O–H groups in total. The second-order valence-electron chi connectivity index (χ2n) is 4.19. The Morgan fingerprint density at radius 2 is 2.00 bits per heavy atom. The van der Waals surface area contributed by atoms with Crippen LogP contribution in [0.3, 0.4) is 0 Å². The normalized spacial score (nSPS) is 17.9. The first-order valence-corrected chi connectivity index (χ1v) is 5.89. The standard InChI is InChI=1S/C13H16N2O2/c16-12-9-14-7-2-1-6-13(17)15-11-5-3-4-10(12)8-11/h3-5,8,14H,1-2,6-7,9H2,(H,15,17). The number of carbonyl (C=O) groups is 2. The summed E-state index contributed by atoms with van der Waals surface area (Å²) >= 11 is 0. The van der Waals surface area contributed by atoms with Gasteiger partial charge in [0.25, 0.3) is 0 Å². The van der Waals surface area contributed by atoms with Gasteiger partial charge in [0.15, 0.2) is 5.78 Å². The largest absolute Gasteiger partial charge is 0.326 e. The lowest BCUT2D eigenvalue weighted by atomic mass is 10.1. The molecule has 2 bridgehead atoms. The fourth-order valence-corrected chi connectivity index (χ4v) is 1.83. The predicted octanol–water partition coefficient (Wildman–Crippen LogP) is 1.58. The molecular weight excluding hydrogens is 216 g/mol. The molecule has 17 heavy (non-hydrogen) atoms. The van der Waals surface area contributed by atoms with E-state index >= 15 is 0 Å². The van der Waals surface area contributed by atoms with Crippen molar-refractivity contribution in [3.05, 3.63) is 29.8 Å². The molecule has 0 aliphatic carbocycles. The van der Waals surface area contributed by atoms with E-state index in [1.54, 1.807) is 24.3 Å². The first-order valence-electron chi connectivity index (χ1n) is 5.89. The van der Waals surface area contributed by atoms with Gasteiger partial charge in [-0.2, -0.15) is 0 Å². The van der Waals surface area contributed by atoms with Crippen LogP contribution in [-0.4, -0.2) is 24.8 Å². The van der Waals surface area contributed by atoms with Crippen LogP contribution in [0.5, 0.6) is 0 Å². The van der Waals surface area contributed by atoms with Crippen LogP contribution < -0.4 is 10.6 Å². The quantitative estimate of drug-likeness (QED) is 0.714. The number of Topliss-reactive ketones (excluding diaryl/α,β-unsaturated/α-hetero) is 1. The Balaban J connectivity index is 2.20. The minimum atomic E-state index is 0.00942. The average molecular weight is 232 g/mol. The van der Waals surface area contributed by atoms with Gasteiger partial charge in [-0.05, 0) is 31.5 Å². The van der Waals surface area contributed by atoms with Crippen LogP contribution in [0.25, 0.3) is 0 Å². The number of anilines is 1. The summed E-state index contributed by atoms with van der Waals surface area (Å²) in [4.78, 5) is 23.4. The first-order chi connectivity index (χ1) is 8.25. The number of benzene rings is 1. The predicted molar refractivity (Wildman–Crippen MR) is 66.1 cm³/mol. The molecule has 0 aromatic heterocycles. The van der Waals surface area contributed by atoms with Gasteiger partial charge in [-0.1, -0.05) is 12.1 Å². The first kappa shape index (κ1) is 11.8. The SMILES string of the molecule is O=C1CCCCNCC(=O)c2cccc(c2)N1. The van der Waals surface area contributed by atoms with Crippen molar-refractivity contribution < 1.29 is 9.59 Å². The molecule has 0 unspecified atom stereocenters. The lowest BCUT2D eigenvalue weighted by Crippen LogP contribution is -2.25. The number of fused-ring (bicyclic) bond motifs is 2. The summed E-state index contributed by atoms with van der Waals surface area (Å²) in [6.07, 6.45) is 2.28. The number of nitrogens with one attached hydrogen (secondary N) is 2. The molecule has 0 spiro atoms. The van der Waals surface area contributed by atoms with Crippen molar-refractivity contribution in [1.82, 2.24) is 5.32 Å². The molecule has 0 saturated heterocycles. The van der Waals surface area contributed by atoms with Crippen molar-refractivity contribution in [2.24, 2.45) is 0 Å². The lowest BCUT2D eigenvalue weighted by Gasteiger charge is -2.10. The number of hydrogen-bond acceptors (Lipinski definition) is 3. The molecule has 1 heterocycles. The summed E-state index contributed by atoms with van der Waals surface area (Å²) in [5, 5.41) is 5.90. The molecule has 1 aromatic carbocycles. The molecule has 1 aliphatic heterocycles. The van der Waals surface area contributed by atoms with Gasteiger partial charge in [0.1, 0.15) is 0 Å². The zero-order chi connectivity index (χ0) is 12.1. The van der Waals surface area contributed by atoms with Crippen LogP contribution >= 0.6 is 0 Å². The van der Waals surface area contributed by atoms with Crippen LogP contribution in [0.15, 0.2) is 24.3 Å². The van der Waals surface area contributed by atoms with Gasteiger partial charge in [0.05, 0.1) is 6.54 Å². The Morgan fingerprint density at radius 1 is 1.12 bits per heavy atom. The van der Waals surface area contributed by atoms with Crippen LogP contribution in [0, 0.1) is 0 Å². The second-order valence-corrected chi connectivity index (χ2v) is 4.19. The Labute approximate surface area is 100 Å². The van der Waals surface area contributed by atoms with Gasteiger partial charge in [0, 0.05) is 17.7 Å². The summed E-state index contributed by atoms with van der Waals surface area (Å²) < 4.78 is 0. The molecule has 90 valence electrons. The van der Waals surface area contributed by atoms with Crippen LogP contribution in [0.4, 0.5) is 5.69 Å². The van der Waals surface area contributed by atoms with Crippen molar-refractivity contribution in [3.8, 4) is 0 Å². The molecule has 2 rings (SSSR count). The maximum Gasteiger partial charge on any atom is 0.224 e. The van der Waals surface area contributed by atoms with Crippen molar-refractivity contribution in [3.63, 3.8) is 0 Å². The lowest BCUT2D eigenvalue weighted by molar-refractivity contribution is -0.116. The summed E-state index contributed by atoms with van der Waals surface area (Å²) in [7, 11) is 0. The Hall–Kier alpha value is -1.68. The van der Waals surface area contributed by atoms with E-state index in [1.165, 1.54) is 0 Å². The smallest absolute Gasteiger partial charge is 0.224 e. The van der Waals surface area contributed by atoms with Crippen molar-refractivity contribution in [1.29, 1.82) is 0 Å². The summed E-state index contributed by atoms with van der Waals surface area (Å²) in [5.41, 5.74) is 1.33. The molecule has 1 aromatic rings. The third-order valence-electron chi connectivity index (χ3n) is 2.76. The van der Waals surface area contributed by atoms with E-state index in [2.05, 4.69) is 10.6 Å². The van der Waals surface area contributed by atoms with Gasteiger partial charge in [0.2, 0.25) is 5.91 Å². The molecule has 1 amide bonds. The van der Waals surface area contributed by atoms with Gasteiger partial charge < -0.3 is 10.6 Å². The summed E-state index contributed by atoms with van der Waals surface area (Å²) in [6.45, 7) is 1.14. The van der Waals surface area contributed by atoms with E-state index in [-0.39, 0.29) is 11.7 Å². The van der Waals surface area contributed by atoms with Crippen molar-refractivity contribution in [2.45, 2.75) is 19.3 Å². The average Bonchev–Trinajstić information content (AvgIpc) is 2.32. The van der Waals surface area contributed by atoms with E-state index in [9.17, 15) is 9.59 Å². The van der Waals surface area contributed by atoms with Crippen LogP contribution in [-0.2, 0) is 4.79 Å². The molecule has 0 radical (unpaired) electrons. The van der Waals surface area contributed by atoms with E-state index < -0.39 is 0 Å². The number of rotatable bonds is 0. The van der Waals surface area contributed by atoms with E-state index in [0.29, 0.717) is 24.2 Å². The Morgan fingerprint density at radius 3 is 2.88 bits per heavy atom. The van der Waals surface area contributed by atoms with E-state index in [1.807, 2.05) is 0 Å². The van der Waals surface area contributed by atoms with Crippen LogP contribution in [0.1, 0.15) is 29.6 Å². The fraction of sp³-hybridized carbons (Fsp3) is 0.385. The topological polar surface area (TPSA) is 58.2 Å². The minimum Gasteiger partial charge on any atom is -0.326 e. The number of hydrogen-bond donors (Lipinski definition) is 2. The second kappa shape index (κ2) is 5.59. The van der Waals surface area contributed by atoms with Gasteiger partial charge in [-0.3, -0.25) is 9.59 Å². The molecular formula is C13H16N2O2. The monoisotopic (exact) mass is 232 g/mol. The number of ketones is 1. The van der Waals surface area contributed by atoms with Gasteiger partial charge >= 0.3 is 0 Å². The fourth-order valence-electron chi connectivity index (χ4n) is 1.83. The molecule has 0 fully saturated rings. The van der Waals surface area contributed by atoms with Gasteiger partial charge in [-0.15, -0.1) is 0 Å². The maximum absolute atomic E-state index is 11.8. The molecule has 4 nitrogen and oxygen atoms in total. The highest BCUT2D eigenvalue weighted by atomic mass is 16.1. The molecule has 0 saturated carbocycles. The highest BCUT2D eigenvalue weighted by Gasteiger charge is 2.09. The zero-order valence-electron chi connectivity index (χ0n) is 9.66. The molecule has 0 atom stereocenters. The summed E-state index contributed by atoms with van der Waals surface area (Å²) in [5.74, 6) is 0.0665. The number of carbonyl (C=O) groups excluding carboxylic acids is 2. The Bertz CT molecular complexity index is 429. The third-order valence-corrected chi connectivity index (χ3v) is 2.76. The van der Waals surface area contributed by atoms with Crippen LogP contribution in [0.2, 0.25) is 0 Å². The van der Waals surface area contributed by atoms with Crippen molar-refractivity contribution in [2.75, 3.05) is 18.4 Å². The highest BCUT2D eigenvalue weighted by Crippen LogP contribution is 2.12. The third kappa shape index (κ3) is 3.39. The van der Waals surface area contributed by atoms with Crippen molar-refractivity contribution >= 4 is 17.4 Å². The zero-order valence-corrected chi connectivity index (χ0v) is 9.66.